The molecule has 3 aromatic rings. The van der Waals surface area contributed by atoms with Crippen LogP contribution in [-0.2, 0) is 6.42 Å². The number of rotatable bonds is 4. The summed E-state index contributed by atoms with van der Waals surface area (Å²) < 4.78 is 0. The van der Waals surface area contributed by atoms with Gasteiger partial charge in [-0.15, -0.1) is 0 Å². The zero-order chi connectivity index (χ0) is 21.4. The molecule has 0 saturated carbocycles. The molecule has 3 amide bonds. The van der Waals surface area contributed by atoms with Gasteiger partial charge in [-0.1, -0.05) is 48.3 Å². The largest absolute Gasteiger partial charge is 0.322 e. The molecule has 1 N–H and O–H groups in total. The highest BCUT2D eigenvalue weighted by molar-refractivity contribution is 6.44. The number of hydrogen-bond acceptors (Lipinski definition) is 3. The van der Waals surface area contributed by atoms with Crippen molar-refractivity contribution in [2.45, 2.75) is 13.3 Å². The number of hydrogen-bond donors (Lipinski definition) is 1. The fourth-order valence-corrected chi connectivity index (χ4v) is 3.70. The van der Waals surface area contributed by atoms with Gasteiger partial charge in [0, 0.05) is 11.3 Å². The fraction of sp³-hybridized carbons (Fsp3) is 0.0870. The smallest absolute Gasteiger partial charge is 0.266 e. The van der Waals surface area contributed by atoms with Crippen LogP contribution in [0.2, 0.25) is 10.0 Å². The number of aryl methyl sites for hydroxylation is 1. The van der Waals surface area contributed by atoms with E-state index in [2.05, 4.69) is 5.32 Å². The lowest BCUT2D eigenvalue weighted by molar-refractivity contribution is 0.0925. The van der Waals surface area contributed by atoms with Crippen molar-refractivity contribution in [3.8, 4) is 0 Å². The number of benzene rings is 3. The number of halogens is 2. The molecule has 150 valence electrons. The summed E-state index contributed by atoms with van der Waals surface area (Å²) in [6.45, 7) is 2.02. The van der Waals surface area contributed by atoms with Crippen LogP contribution in [0, 0.1) is 0 Å². The molecule has 3 aromatic carbocycles. The minimum absolute atomic E-state index is 0.201. The molecule has 7 heteroatoms. The van der Waals surface area contributed by atoms with Gasteiger partial charge in [0.05, 0.1) is 26.9 Å². The predicted molar refractivity (Wildman–Crippen MR) is 118 cm³/mol. The van der Waals surface area contributed by atoms with Crippen LogP contribution in [0.4, 0.5) is 11.4 Å². The maximum absolute atomic E-state index is 12.7. The number of carbonyl (C=O) groups excluding carboxylic acids is 3. The topological polar surface area (TPSA) is 66.5 Å². The first kappa shape index (κ1) is 20.1. The maximum atomic E-state index is 12.7. The van der Waals surface area contributed by atoms with Crippen LogP contribution in [0.1, 0.15) is 43.6 Å². The minimum Gasteiger partial charge on any atom is -0.322 e. The predicted octanol–water partition coefficient (Wildman–Crippen LogP) is 5.61. The number of imide groups is 1. The SMILES string of the molecule is CCc1ccccc1NC(=O)c1ccc(N2C(=O)c3cc(Cl)c(Cl)cc3C2=O)cc1. The van der Waals surface area contributed by atoms with Gasteiger partial charge in [0.15, 0.2) is 0 Å². The highest BCUT2D eigenvalue weighted by atomic mass is 35.5. The zero-order valence-electron chi connectivity index (χ0n) is 15.9. The summed E-state index contributed by atoms with van der Waals surface area (Å²) in [7, 11) is 0. The van der Waals surface area contributed by atoms with Gasteiger partial charge < -0.3 is 5.32 Å². The highest BCUT2D eigenvalue weighted by Gasteiger charge is 2.37. The van der Waals surface area contributed by atoms with Crippen LogP contribution in [0.5, 0.6) is 0 Å². The van der Waals surface area contributed by atoms with Crippen molar-refractivity contribution in [2.75, 3.05) is 10.2 Å². The zero-order valence-corrected chi connectivity index (χ0v) is 17.4. The third-order valence-electron chi connectivity index (χ3n) is 4.96. The molecule has 0 radical (unpaired) electrons. The normalized spacial score (nSPS) is 12.8. The van der Waals surface area contributed by atoms with E-state index in [0.29, 0.717) is 11.3 Å². The summed E-state index contributed by atoms with van der Waals surface area (Å²) >= 11 is 12.0. The van der Waals surface area contributed by atoms with E-state index >= 15 is 0 Å². The van der Waals surface area contributed by atoms with E-state index in [-0.39, 0.29) is 27.1 Å². The quantitative estimate of drug-likeness (QED) is 0.538. The number of para-hydroxylation sites is 1. The second-order valence-corrected chi connectivity index (χ2v) is 7.58. The van der Waals surface area contributed by atoms with Crippen LogP contribution < -0.4 is 10.2 Å². The Morgan fingerprint density at radius 1 is 0.900 bits per heavy atom. The second-order valence-electron chi connectivity index (χ2n) is 6.77. The molecular formula is C23H16Cl2N2O3. The summed E-state index contributed by atoms with van der Waals surface area (Å²) in [5, 5.41) is 3.31. The van der Waals surface area contributed by atoms with Crippen molar-refractivity contribution >= 4 is 52.3 Å². The van der Waals surface area contributed by atoms with Gasteiger partial charge in [-0.05, 0) is 54.4 Å². The van der Waals surface area contributed by atoms with E-state index in [9.17, 15) is 14.4 Å². The molecule has 4 rings (SSSR count). The van der Waals surface area contributed by atoms with Crippen LogP contribution >= 0.6 is 23.2 Å². The Bertz CT molecular complexity index is 1150. The van der Waals surface area contributed by atoms with Gasteiger partial charge in [-0.25, -0.2) is 4.90 Å². The molecule has 0 aromatic heterocycles. The lowest BCUT2D eigenvalue weighted by Crippen LogP contribution is -2.29. The van der Waals surface area contributed by atoms with Gasteiger partial charge in [-0.3, -0.25) is 14.4 Å². The Kier molecular flexibility index (Phi) is 5.33. The molecule has 0 bridgehead atoms. The Labute approximate surface area is 183 Å². The van der Waals surface area contributed by atoms with Gasteiger partial charge in [0.25, 0.3) is 17.7 Å². The molecule has 30 heavy (non-hydrogen) atoms. The van der Waals surface area contributed by atoms with Crippen LogP contribution in [0.15, 0.2) is 60.7 Å². The highest BCUT2D eigenvalue weighted by Crippen LogP contribution is 2.34. The molecule has 5 nitrogen and oxygen atoms in total. The third kappa shape index (κ3) is 3.47. The average molecular weight is 439 g/mol. The second kappa shape index (κ2) is 7.94. The van der Waals surface area contributed by atoms with Gasteiger partial charge in [0.2, 0.25) is 0 Å². The summed E-state index contributed by atoms with van der Waals surface area (Å²) in [5.41, 5.74) is 2.96. The van der Waals surface area contributed by atoms with E-state index in [4.69, 9.17) is 23.2 Å². The number of nitrogens with zero attached hydrogens (tertiary/aromatic N) is 1. The number of carbonyl (C=O) groups is 3. The number of anilines is 2. The molecule has 0 unspecified atom stereocenters. The van der Waals surface area contributed by atoms with Crippen molar-refractivity contribution in [3.63, 3.8) is 0 Å². The monoisotopic (exact) mass is 438 g/mol. The van der Waals surface area contributed by atoms with E-state index in [1.807, 2.05) is 31.2 Å². The van der Waals surface area contributed by atoms with Crippen molar-refractivity contribution in [3.05, 3.63) is 93.0 Å². The van der Waals surface area contributed by atoms with Crippen molar-refractivity contribution < 1.29 is 14.4 Å². The Morgan fingerprint density at radius 3 is 2.03 bits per heavy atom. The molecule has 0 saturated heterocycles. The fourth-order valence-electron chi connectivity index (χ4n) is 3.38. The van der Waals surface area contributed by atoms with Crippen molar-refractivity contribution in [1.29, 1.82) is 0 Å². The molecule has 0 spiro atoms. The molecule has 1 aliphatic rings. The van der Waals surface area contributed by atoms with Crippen LogP contribution in [0.25, 0.3) is 0 Å². The van der Waals surface area contributed by atoms with E-state index < -0.39 is 11.8 Å². The third-order valence-corrected chi connectivity index (χ3v) is 5.68. The van der Waals surface area contributed by atoms with Crippen molar-refractivity contribution in [2.24, 2.45) is 0 Å². The standard InChI is InChI=1S/C23H16Cl2N2O3/c1-2-13-5-3-4-6-20(13)26-21(28)14-7-9-15(10-8-14)27-22(29)16-11-18(24)19(25)12-17(16)23(27)30/h3-12H,2H2,1H3,(H,26,28). The van der Waals surface area contributed by atoms with E-state index in [1.165, 1.54) is 12.1 Å². The summed E-state index contributed by atoms with van der Waals surface area (Å²) in [5.74, 6) is -1.24. The maximum Gasteiger partial charge on any atom is 0.266 e. The first-order chi connectivity index (χ1) is 14.4. The Balaban J connectivity index is 1.57. The lowest BCUT2D eigenvalue weighted by Gasteiger charge is -2.14. The summed E-state index contributed by atoms with van der Waals surface area (Å²) in [4.78, 5) is 39.1. The van der Waals surface area contributed by atoms with Gasteiger partial charge in [-0.2, -0.15) is 0 Å². The van der Waals surface area contributed by atoms with Crippen LogP contribution in [-0.4, -0.2) is 17.7 Å². The molecule has 1 aliphatic heterocycles. The minimum atomic E-state index is -0.484. The Morgan fingerprint density at radius 2 is 1.47 bits per heavy atom. The number of nitrogens with one attached hydrogen (secondary N) is 1. The van der Waals surface area contributed by atoms with Gasteiger partial charge in [0.1, 0.15) is 0 Å². The number of amides is 3. The summed E-state index contributed by atoms with van der Waals surface area (Å²) in [6.07, 6.45) is 0.795. The Hall–Kier alpha value is -3.15. The van der Waals surface area contributed by atoms with E-state index in [0.717, 1.165) is 22.6 Å². The van der Waals surface area contributed by atoms with Crippen molar-refractivity contribution in [1.82, 2.24) is 0 Å². The summed E-state index contributed by atoms with van der Waals surface area (Å²) in [6, 6.07) is 16.6. The molecule has 0 aliphatic carbocycles. The lowest BCUT2D eigenvalue weighted by atomic mass is 10.1. The van der Waals surface area contributed by atoms with Crippen LogP contribution in [0.3, 0.4) is 0 Å². The molecule has 0 atom stereocenters. The average Bonchev–Trinajstić information content (AvgIpc) is 2.98. The first-order valence-corrected chi connectivity index (χ1v) is 10.0. The molecular weight excluding hydrogens is 423 g/mol. The first-order valence-electron chi connectivity index (χ1n) is 9.28. The number of fused-ring (bicyclic) bond motifs is 1. The van der Waals surface area contributed by atoms with Gasteiger partial charge >= 0.3 is 0 Å². The molecule has 0 fully saturated rings. The molecule has 1 heterocycles. The van der Waals surface area contributed by atoms with E-state index in [1.54, 1.807) is 24.3 Å².